The van der Waals surface area contributed by atoms with Crippen LogP contribution in [0.5, 0.6) is 0 Å². The summed E-state index contributed by atoms with van der Waals surface area (Å²) in [6.07, 6.45) is -4.68. The van der Waals surface area contributed by atoms with Gasteiger partial charge < -0.3 is 11.1 Å². The molecule has 3 heterocycles. The molecule has 2 aromatic heterocycles. The molecule has 0 fully saturated rings. The van der Waals surface area contributed by atoms with E-state index in [2.05, 4.69) is 26.3 Å². The van der Waals surface area contributed by atoms with Crippen LogP contribution in [0.3, 0.4) is 0 Å². The Morgan fingerprint density at radius 1 is 1.55 bits per heavy atom. The number of thiophene rings is 1. The summed E-state index contributed by atoms with van der Waals surface area (Å²) in [7, 11) is 0. The van der Waals surface area contributed by atoms with Crippen LogP contribution in [0, 0.1) is 0 Å². The van der Waals surface area contributed by atoms with E-state index < -0.39 is 24.2 Å². The fourth-order valence-electron chi connectivity index (χ4n) is 2.42. The van der Waals surface area contributed by atoms with E-state index in [4.69, 9.17) is 5.73 Å². The summed E-state index contributed by atoms with van der Waals surface area (Å²) in [6, 6.07) is 1.22. The second-order valence-corrected chi connectivity index (χ2v) is 6.60. The maximum absolute atomic E-state index is 13.4. The van der Waals surface area contributed by atoms with Gasteiger partial charge in [0.2, 0.25) is 0 Å². The zero-order valence-corrected chi connectivity index (χ0v) is 13.3. The number of nitrogens with zero attached hydrogens (tertiary/aromatic N) is 2. The lowest BCUT2D eigenvalue weighted by Crippen LogP contribution is -2.35. The molecule has 0 aliphatic carbocycles. The van der Waals surface area contributed by atoms with Gasteiger partial charge >= 0.3 is 6.18 Å². The number of alkyl halides is 3. The molecule has 0 spiro atoms. The highest BCUT2D eigenvalue weighted by atomic mass is 79.9. The normalized spacial score (nSPS) is 21.3. The minimum Gasteiger partial charge on any atom is -0.364 e. The first kappa shape index (κ1) is 15.3. The van der Waals surface area contributed by atoms with Crippen molar-refractivity contribution in [2.24, 2.45) is 5.73 Å². The van der Waals surface area contributed by atoms with Crippen molar-refractivity contribution in [3.05, 3.63) is 32.6 Å². The van der Waals surface area contributed by atoms with Crippen LogP contribution in [-0.2, 0) is 0 Å². The lowest BCUT2D eigenvalue weighted by atomic mass is 10.0. The highest BCUT2D eigenvalue weighted by Gasteiger charge is 2.47. The molecule has 1 aliphatic heterocycles. The van der Waals surface area contributed by atoms with Crippen molar-refractivity contribution in [1.29, 1.82) is 0 Å². The van der Waals surface area contributed by atoms with Crippen molar-refractivity contribution in [3.63, 3.8) is 0 Å². The monoisotopic (exact) mass is 394 g/mol. The van der Waals surface area contributed by atoms with Crippen molar-refractivity contribution in [2.45, 2.75) is 24.7 Å². The highest BCUT2D eigenvalue weighted by Crippen LogP contribution is 2.46. The Kier molecular flexibility index (Phi) is 3.68. The van der Waals surface area contributed by atoms with Crippen molar-refractivity contribution < 1.29 is 18.0 Å². The number of carbonyl (C=O) groups excluding carboxylic acids is 1. The maximum atomic E-state index is 13.4. The third-order valence-corrected chi connectivity index (χ3v) is 5.15. The molecule has 0 saturated carbocycles. The number of nitrogens with two attached hydrogens (primary N) is 1. The SMILES string of the molecule is NC(=O)c1nn2c(c1Br)NC(c1cccs1)CC2C(F)(F)F. The van der Waals surface area contributed by atoms with Crippen molar-refractivity contribution in [1.82, 2.24) is 9.78 Å². The van der Waals surface area contributed by atoms with Crippen molar-refractivity contribution in [2.75, 3.05) is 5.32 Å². The predicted molar refractivity (Wildman–Crippen MR) is 78.8 cm³/mol. The molecule has 22 heavy (non-hydrogen) atoms. The number of rotatable bonds is 2. The number of halogens is 4. The van der Waals surface area contributed by atoms with Crippen LogP contribution in [0.15, 0.2) is 22.0 Å². The van der Waals surface area contributed by atoms with E-state index in [1.54, 1.807) is 17.5 Å². The van der Waals surface area contributed by atoms with Crippen molar-refractivity contribution in [3.8, 4) is 0 Å². The first-order valence-corrected chi connectivity index (χ1v) is 7.90. The summed E-state index contributed by atoms with van der Waals surface area (Å²) < 4.78 is 41.0. The summed E-state index contributed by atoms with van der Waals surface area (Å²) >= 11 is 4.48. The number of aromatic nitrogens is 2. The van der Waals surface area contributed by atoms with E-state index in [-0.39, 0.29) is 22.4 Å². The Morgan fingerprint density at radius 2 is 2.27 bits per heavy atom. The van der Waals surface area contributed by atoms with E-state index in [1.165, 1.54) is 11.3 Å². The number of hydrogen-bond acceptors (Lipinski definition) is 4. The zero-order chi connectivity index (χ0) is 16.1. The third kappa shape index (κ3) is 2.50. The summed E-state index contributed by atoms with van der Waals surface area (Å²) in [5, 5.41) is 8.53. The quantitative estimate of drug-likeness (QED) is 0.818. The van der Waals surface area contributed by atoms with Gasteiger partial charge in [-0.05, 0) is 27.4 Å². The van der Waals surface area contributed by atoms with Crippen LogP contribution in [0.1, 0.15) is 33.9 Å². The molecule has 3 rings (SSSR count). The second kappa shape index (κ2) is 5.27. The summed E-state index contributed by atoms with van der Waals surface area (Å²) in [6.45, 7) is 0. The van der Waals surface area contributed by atoms with Crippen LogP contribution in [-0.4, -0.2) is 21.9 Å². The molecule has 1 aliphatic rings. The van der Waals surface area contributed by atoms with Crippen molar-refractivity contribution >= 4 is 39.0 Å². The van der Waals surface area contributed by atoms with Gasteiger partial charge in [-0.1, -0.05) is 6.07 Å². The predicted octanol–water partition coefficient (Wildman–Crippen LogP) is 3.47. The Balaban J connectivity index is 2.10. The minimum absolute atomic E-state index is 0.112. The van der Waals surface area contributed by atoms with Gasteiger partial charge in [0.25, 0.3) is 5.91 Å². The third-order valence-electron chi connectivity index (χ3n) is 3.42. The summed E-state index contributed by atoms with van der Waals surface area (Å²) in [5.41, 5.74) is 4.94. The molecule has 5 nitrogen and oxygen atoms in total. The lowest BCUT2D eigenvalue weighted by Gasteiger charge is -2.33. The van der Waals surface area contributed by atoms with E-state index in [0.717, 1.165) is 9.56 Å². The first-order chi connectivity index (χ1) is 10.3. The van der Waals surface area contributed by atoms with Gasteiger partial charge in [-0.25, -0.2) is 4.68 Å². The molecule has 2 unspecified atom stereocenters. The standard InChI is InChI=1S/C12H10BrF3N4OS/c13-8-9(10(17)21)19-20-7(12(14,15)16)4-5(18-11(8)20)6-2-1-3-22-6/h1-3,5,7,18H,4H2,(H2,17,21). The molecule has 10 heteroatoms. The fourth-order valence-corrected chi connectivity index (χ4v) is 3.78. The van der Waals surface area contributed by atoms with E-state index in [9.17, 15) is 18.0 Å². The molecular formula is C12H10BrF3N4OS. The number of anilines is 1. The van der Waals surface area contributed by atoms with Crippen LogP contribution in [0.4, 0.5) is 19.0 Å². The average Bonchev–Trinajstić information content (AvgIpc) is 3.05. The number of carbonyl (C=O) groups is 1. The van der Waals surface area contributed by atoms with Crippen LogP contribution >= 0.6 is 27.3 Å². The number of fused-ring (bicyclic) bond motifs is 1. The number of hydrogen-bond donors (Lipinski definition) is 2. The number of amides is 1. The summed E-state index contributed by atoms with van der Waals surface area (Å²) in [4.78, 5) is 12.1. The topological polar surface area (TPSA) is 72.9 Å². The first-order valence-electron chi connectivity index (χ1n) is 6.23. The Morgan fingerprint density at radius 3 is 2.82 bits per heavy atom. The molecule has 118 valence electrons. The fraction of sp³-hybridized carbons (Fsp3) is 0.333. The molecule has 2 aromatic rings. The molecule has 2 atom stereocenters. The zero-order valence-electron chi connectivity index (χ0n) is 10.9. The molecule has 0 saturated heterocycles. The van der Waals surface area contributed by atoms with Gasteiger partial charge in [0.1, 0.15) is 5.82 Å². The van der Waals surface area contributed by atoms with E-state index >= 15 is 0 Å². The van der Waals surface area contributed by atoms with Crippen LogP contribution < -0.4 is 11.1 Å². The van der Waals surface area contributed by atoms with Gasteiger partial charge in [0, 0.05) is 11.3 Å². The second-order valence-electron chi connectivity index (χ2n) is 4.83. The Bertz CT molecular complexity index is 713. The van der Waals surface area contributed by atoms with E-state index in [1.807, 2.05) is 0 Å². The number of primary amides is 1. The van der Waals surface area contributed by atoms with Gasteiger partial charge in [-0.15, -0.1) is 11.3 Å². The Labute approximate surface area is 135 Å². The molecule has 0 radical (unpaired) electrons. The van der Waals surface area contributed by atoms with Gasteiger partial charge in [0.05, 0.1) is 10.5 Å². The van der Waals surface area contributed by atoms with Crippen LogP contribution in [0.25, 0.3) is 0 Å². The molecule has 0 aromatic carbocycles. The molecule has 0 bridgehead atoms. The molecule has 3 N–H and O–H groups in total. The maximum Gasteiger partial charge on any atom is 0.410 e. The Hall–Kier alpha value is -1.55. The average molecular weight is 395 g/mol. The largest absolute Gasteiger partial charge is 0.410 e. The summed E-state index contributed by atoms with van der Waals surface area (Å²) in [5.74, 6) is -0.773. The number of nitrogens with one attached hydrogen (secondary N) is 1. The highest BCUT2D eigenvalue weighted by molar-refractivity contribution is 9.10. The minimum atomic E-state index is -4.48. The molecule has 1 amide bonds. The smallest absolute Gasteiger partial charge is 0.364 e. The van der Waals surface area contributed by atoms with Gasteiger partial charge in [-0.3, -0.25) is 4.79 Å². The van der Waals surface area contributed by atoms with Gasteiger partial charge in [0.15, 0.2) is 11.7 Å². The van der Waals surface area contributed by atoms with E-state index in [0.29, 0.717) is 0 Å². The van der Waals surface area contributed by atoms with Crippen LogP contribution in [0.2, 0.25) is 0 Å². The molecular weight excluding hydrogens is 385 g/mol. The van der Waals surface area contributed by atoms with Gasteiger partial charge in [-0.2, -0.15) is 18.3 Å². The lowest BCUT2D eigenvalue weighted by molar-refractivity contribution is -0.173.